The third kappa shape index (κ3) is 4.56. The van der Waals surface area contributed by atoms with Crippen molar-refractivity contribution in [2.24, 2.45) is 0 Å². The Kier molecular flexibility index (Phi) is 5.91. The van der Waals surface area contributed by atoms with Crippen LogP contribution in [-0.2, 0) is 20.7 Å². The van der Waals surface area contributed by atoms with Gasteiger partial charge < -0.3 is 14.6 Å². The Bertz CT molecular complexity index is 915. The van der Waals surface area contributed by atoms with Crippen LogP contribution in [0.1, 0.15) is 30.1 Å². The second kappa shape index (κ2) is 8.54. The summed E-state index contributed by atoms with van der Waals surface area (Å²) in [5.74, 6) is -0.606. The minimum atomic E-state index is -0.901. The number of hydrogen-bond acceptors (Lipinski definition) is 3. The number of H-pyrrole nitrogens is 1. The van der Waals surface area contributed by atoms with E-state index in [1.165, 1.54) is 15.8 Å². The summed E-state index contributed by atoms with van der Waals surface area (Å²) in [4.78, 5) is 29.5. The molecule has 5 heteroatoms. The second-order valence-electron chi connectivity index (χ2n) is 6.73. The van der Waals surface area contributed by atoms with Gasteiger partial charge in [-0.15, -0.1) is 0 Å². The Balaban J connectivity index is 1.60. The van der Waals surface area contributed by atoms with Gasteiger partial charge in [0, 0.05) is 43.2 Å². The number of rotatable bonds is 7. The van der Waals surface area contributed by atoms with Crippen molar-refractivity contribution in [2.45, 2.75) is 25.4 Å². The smallest absolute Gasteiger partial charge is 0.306 e. The molecule has 1 aromatic heterocycles. The molecule has 1 amide bonds. The number of carbonyl (C=O) groups excluding carboxylic acids is 2. The minimum absolute atomic E-state index is 0.244. The first kappa shape index (κ1) is 18.7. The maximum atomic E-state index is 12.4. The fourth-order valence-electron chi connectivity index (χ4n) is 3.08. The Morgan fingerprint density at radius 3 is 2.48 bits per heavy atom. The van der Waals surface area contributed by atoms with Gasteiger partial charge in [0.05, 0.1) is 0 Å². The Hall–Kier alpha value is -3.08. The maximum absolute atomic E-state index is 12.4. The van der Waals surface area contributed by atoms with Gasteiger partial charge in [0.1, 0.15) is 0 Å². The van der Waals surface area contributed by atoms with Crippen LogP contribution >= 0.6 is 0 Å². The molecule has 1 N–H and O–H groups in total. The number of amides is 1. The molecule has 0 aliphatic heterocycles. The molecule has 3 rings (SSSR count). The van der Waals surface area contributed by atoms with Crippen LogP contribution in [0.3, 0.4) is 0 Å². The highest BCUT2D eigenvalue weighted by atomic mass is 16.5. The summed E-state index contributed by atoms with van der Waals surface area (Å²) in [5.41, 5.74) is 2.96. The number of hydrogen-bond donors (Lipinski definition) is 1. The SMILES string of the molecule is CN(C)C(=O)[C@@H](OC(=O)CCCc1c[nH]c2ccccc12)c1ccccc1. The number of ether oxygens (including phenoxy) is 1. The molecule has 0 radical (unpaired) electrons. The first-order valence-electron chi connectivity index (χ1n) is 9.07. The molecule has 0 saturated heterocycles. The summed E-state index contributed by atoms with van der Waals surface area (Å²) in [6, 6.07) is 17.2. The van der Waals surface area contributed by atoms with Crippen LogP contribution in [0, 0.1) is 0 Å². The van der Waals surface area contributed by atoms with Crippen molar-refractivity contribution in [1.29, 1.82) is 0 Å². The fourth-order valence-corrected chi connectivity index (χ4v) is 3.08. The van der Waals surface area contributed by atoms with E-state index < -0.39 is 6.10 Å². The predicted octanol–water partition coefficient (Wildman–Crippen LogP) is 3.86. The molecule has 0 unspecified atom stereocenters. The highest BCUT2D eigenvalue weighted by Gasteiger charge is 2.26. The van der Waals surface area contributed by atoms with Crippen molar-refractivity contribution in [3.8, 4) is 0 Å². The summed E-state index contributed by atoms with van der Waals surface area (Å²) in [6.07, 6.45) is 2.79. The van der Waals surface area contributed by atoms with E-state index in [1.54, 1.807) is 26.2 Å². The van der Waals surface area contributed by atoms with E-state index in [9.17, 15) is 9.59 Å². The fraction of sp³-hybridized carbons (Fsp3) is 0.273. The lowest BCUT2D eigenvalue weighted by atomic mass is 10.1. The average Bonchev–Trinajstić information content (AvgIpc) is 3.09. The van der Waals surface area contributed by atoms with E-state index in [1.807, 2.05) is 42.6 Å². The largest absolute Gasteiger partial charge is 0.447 e. The molecular weight excluding hydrogens is 340 g/mol. The van der Waals surface area contributed by atoms with E-state index in [-0.39, 0.29) is 18.3 Å². The lowest BCUT2D eigenvalue weighted by molar-refractivity contribution is -0.159. The molecule has 0 spiro atoms. The third-order valence-electron chi connectivity index (χ3n) is 4.52. The summed E-state index contributed by atoms with van der Waals surface area (Å²) >= 11 is 0. The molecule has 140 valence electrons. The second-order valence-corrected chi connectivity index (χ2v) is 6.73. The van der Waals surface area contributed by atoms with Gasteiger partial charge in [-0.25, -0.2) is 0 Å². The van der Waals surface area contributed by atoms with Crippen LogP contribution < -0.4 is 0 Å². The number of aryl methyl sites for hydroxylation is 1. The Morgan fingerprint density at radius 1 is 1.04 bits per heavy atom. The van der Waals surface area contributed by atoms with Gasteiger partial charge in [-0.05, 0) is 24.5 Å². The van der Waals surface area contributed by atoms with Crippen molar-refractivity contribution < 1.29 is 14.3 Å². The first-order chi connectivity index (χ1) is 13.1. The molecule has 1 heterocycles. The molecule has 0 fully saturated rings. The molecular formula is C22H24N2O3. The van der Waals surface area contributed by atoms with Gasteiger partial charge in [0.15, 0.2) is 0 Å². The number of nitrogens with one attached hydrogen (secondary N) is 1. The molecule has 0 bridgehead atoms. The highest BCUT2D eigenvalue weighted by molar-refractivity contribution is 5.85. The number of esters is 1. The number of aromatic nitrogens is 1. The lowest BCUT2D eigenvalue weighted by Crippen LogP contribution is -2.31. The van der Waals surface area contributed by atoms with Gasteiger partial charge in [-0.2, -0.15) is 0 Å². The Labute approximate surface area is 158 Å². The number of para-hydroxylation sites is 1. The van der Waals surface area contributed by atoms with E-state index in [0.29, 0.717) is 12.0 Å². The standard InChI is InChI=1S/C22H24N2O3/c1-24(2)22(26)21(16-9-4-3-5-10-16)27-20(25)14-8-11-17-15-23-19-13-7-6-12-18(17)19/h3-7,9-10,12-13,15,21,23H,8,11,14H2,1-2H3/t21-/m0/s1. The molecule has 2 aromatic carbocycles. The molecule has 0 aliphatic carbocycles. The summed E-state index contributed by atoms with van der Waals surface area (Å²) in [6.45, 7) is 0. The summed E-state index contributed by atoms with van der Waals surface area (Å²) in [7, 11) is 3.31. The molecule has 0 saturated carbocycles. The predicted molar refractivity (Wildman–Crippen MR) is 105 cm³/mol. The number of carbonyl (C=O) groups is 2. The monoisotopic (exact) mass is 364 g/mol. The van der Waals surface area contributed by atoms with Crippen LogP contribution in [0.5, 0.6) is 0 Å². The van der Waals surface area contributed by atoms with Crippen molar-refractivity contribution in [2.75, 3.05) is 14.1 Å². The van der Waals surface area contributed by atoms with Crippen LogP contribution in [0.2, 0.25) is 0 Å². The van der Waals surface area contributed by atoms with Crippen molar-refractivity contribution in [3.05, 3.63) is 71.9 Å². The van der Waals surface area contributed by atoms with Gasteiger partial charge in [0.25, 0.3) is 5.91 Å². The summed E-state index contributed by atoms with van der Waals surface area (Å²) in [5, 5.41) is 1.18. The van der Waals surface area contributed by atoms with Crippen molar-refractivity contribution >= 4 is 22.8 Å². The topological polar surface area (TPSA) is 62.4 Å². The first-order valence-corrected chi connectivity index (χ1v) is 9.07. The van der Waals surface area contributed by atoms with E-state index in [4.69, 9.17) is 4.74 Å². The average molecular weight is 364 g/mol. The zero-order valence-corrected chi connectivity index (χ0v) is 15.6. The van der Waals surface area contributed by atoms with Gasteiger partial charge in [-0.3, -0.25) is 9.59 Å². The zero-order chi connectivity index (χ0) is 19.2. The summed E-state index contributed by atoms with van der Waals surface area (Å²) < 4.78 is 5.53. The highest BCUT2D eigenvalue weighted by Crippen LogP contribution is 2.22. The van der Waals surface area contributed by atoms with Crippen LogP contribution in [-0.4, -0.2) is 35.9 Å². The molecule has 3 aromatic rings. The third-order valence-corrected chi connectivity index (χ3v) is 4.52. The lowest BCUT2D eigenvalue weighted by Gasteiger charge is -2.21. The number of likely N-dealkylation sites (N-methyl/N-ethyl adjacent to an activating group) is 1. The van der Waals surface area contributed by atoms with E-state index in [2.05, 4.69) is 11.1 Å². The number of fused-ring (bicyclic) bond motifs is 1. The number of nitrogens with zero attached hydrogens (tertiary/aromatic N) is 1. The maximum Gasteiger partial charge on any atom is 0.306 e. The van der Waals surface area contributed by atoms with E-state index in [0.717, 1.165) is 11.9 Å². The van der Waals surface area contributed by atoms with Gasteiger partial charge in [-0.1, -0.05) is 48.5 Å². The van der Waals surface area contributed by atoms with E-state index >= 15 is 0 Å². The molecule has 1 atom stereocenters. The molecule has 27 heavy (non-hydrogen) atoms. The molecule has 5 nitrogen and oxygen atoms in total. The van der Waals surface area contributed by atoms with Crippen LogP contribution in [0.25, 0.3) is 10.9 Å². The van der Waals surface area contributed by atoms with Gasteiger partial charge in [0.2, 0.25) is 6.10 Å². The zero-order valence-electron chi connectivity index (χ0n) is 15.6. The van der Waals surface area contributed by atoms with Crippen LogP contribution in [0.4, 0.5) is 0 Å². The minimum Gasteiger partial charge on any atom is -0.447 e. The Morgan fingerprint density at radius 2 is 1.74 bits per heavy atom. The van der Waals surface area contributed by atoms with Crippen molar-refractivity contribution in [1.82, 2.24) is 9.88 Å². The molecule has 0 aliphatic rings. The van der Waals surface area contributed by atoms with Gasteiger partial charge >= 0.3 is 5.97 Å². The normalized spacial score (nSPS) is 11.9. The van der Waals surface area contributed by atoms with Crippen LogP contribution in [0.15, 0.2) is 60.8 Å². The quantitative estimate of drug-likeness (QED) is 0.648. The number of aromatic amines is 1. The van der Waals surface area contributed by atoms with Crippen molar-refractivity contribution in [3.63, 3.8) is 0 Å². The number of benzene rings is 2.